The molecule has 0 saturated heterocycles. The third-order valence-electron chi connectivity index (χ3n) is 3.70. The van der Waals surface area contributed by atoms with Crippen LogP contribution in [0.4, 0.5) is 5.69 Å². The number of amides is 1. The number of nitrogens with one attached hydrogen (secondary N) is 1. The minimum Gasteiger partial charge on any atom is -0.326 e. The van der Waals surface area contributed by atoms with Gasteiger partial charge in [-0.1, -0.05) is 41.9 Å². The van der Waals surface area contributed by atoms with Crippen LogP contribution in [0.15, 0.2) is 54.6 Å². The van der Waals surface area contributed by atoms with Gasteiger partial charge in [-0.05, 0) is 56.3 Å². The molecule has 0 aromatic heterocycles. The standard InChI is InChI=1S/C19H23ClN2O/c1-22(14-5-8-16-6-3-2-4-7-16)15-13-19(23)21-18-11-9-17(20)10-12-18/h2-4,6-7,9-12H,5,8,13-15H2,1H3,(H,21,23). The Hall–Kier alpha value is -1.84. The fourth-order valence-electron chi connectivity index (χ4n) is 2.36. The highest BCUT2D eigenvalue weighted by Gasteiger charge is 2.05. The van der Waals surface area contributed by atoms with Crippen LogP contribution in [-0.4, -0.2) is 30.9 Å². The van der Waals surface area contributed by atoms with E-state index in [4.69, 9.17) is 11.6 Å². The Bertz CT molecular complexity index is 599. The number of hydrogen-bond acceptors (Lipinski definition) is 2. The number of anilines is 1. The fourth-order valence-corrected chi connectivity index (χ4v) is 2.48. The number of aryl methyl sites for hydroxylation is 1. The Kier molecular flexibility index (Phi) is 7.11. The highest BCUT2D eigenvalue weighted by molar-refractivity contribution is 6.30. The summed E-state index contributed by atoms with van der Waals surface area (Å²) in [5.41, 5.74) is 2.15. The van der Waals surface area contributed by atoms with Gasteiger partial charge in [0.1, 0.15) is 0 Å². The Labute approximate surface area is 143 Å². The SMILES string of the molecule is CN(CCCc1ccccc1)CCC(=O)Nc1ccc(Cl)cc1. The molecule has 0 fully saturated rings. The molecule has 0 aliphatic heterocycles. The predicted octanol–water partition coefficient (Wildman–Crippen LogP) is 4.23. The van der Waals surface area contributed by atoms with Crippen LogP contribution in [-0.2, 0) is 11.2 Å². The van der Waals surface area contributed by atoms with E-state index in [2.05, 4.69) is 41.5 Å². The molecule has 1 amide bonds. The Morgan fingerprint density at radius 2 is 1.74 bits per heavy atom. The predicted molar refractivity (Wildman–Crippen MR) is 97.0 cm³/mol. The van der Waals surface area contributed by atoms with E-state index in [0.717, 1.165) is 31.6 Å². The summed E-state index contributed by atoms with van der Waals surface area (Å²) < 4.78 is 0. The van der Waals surface area contributed by atoms with Gasteiger partial charge in [0.25, 0.3) is 0 Å². The molecule has 0 bridgehead atoms. The Balaban J connectivity index is 1.62. The van der Waals surface area contributed by atoms with Gasteiger partial charge in [-0.3, -0.25) is 4.79 Å². The summed E-state index contributed by atoms with van der Waals surface area (Å²) in [6.07, 6.45) is 2.66. The van der Waals surface area contributed by atoms with Crippen LogP contribution in [0.5, 0.6) is 0 Å². The molecule has 0 heterocycles. The first-order valence-corrected chi connectivity index (χ1v) is 8.29. The van der Waals surface area contributed by atoms with Gasteiger partial charge in [-0.25, -0.2) is 0 Å². The number of carbonyl (C=O) groups is 1. The van der Waals surface area contributed by atoms with Crippen molar-refractivity contribution in [3.8, 4) is 0 Å². The number of halogens is 1. The summed E-state index contributed by atoms with van der Waals surface area (Å²) in [5.74, 6) is 0.0298. The van der Waals surface area contributed by atoms with Crippen LogP contribution in [0.25, 0.3) is 0 Å². The second-order valence-corrected chi connectivity index (χ2v) is 6.13. The lowest BCUT2D eigenvalue weighted by Gasteiger charge is -2.16. The van der Waals surface area contributed by atoms with Gasteiger partial charge in [0.15, 0.2) is 0 Å². The van der Waals surface area contributed by atoms with Crippen LogP contribution in [0, 0.1) is 0 Å². The lowest BCUT2D eigenvalue weighted by molar-refractivity contribution is -0.116. The number of hydrogen-bond donors (Lipinski definition) is 1. The zero-order valence-corrected chi connectivity index (χ0v) is 14.2. The van der Waals surface area contributed by atoms with E-state index >= 15 is 0 Å². The lowest BCUT2D eigenvalue weighted by Crippen LogP contribution is -2.25. The first kappa shape index (κ1) is 17.5. The van der Waals surface area contributed by atoms with E-state index in [9.17, 15) is 4.79 Å². The van der Waals surface area contributed by atoms with Gasteiger partial charge in [-0.15, -0.1) is 0 Å². The smallest absolute Gasteiger partial charge is 0.225 e. The van der Waals surface area contributed by atoms with E-state index in [1.165, 1.54) is 5.56 Å². The molecular weight excluding hydrogens is 308 g/mol. The van der Waals surface area contributed by atoms with Gasteiger partial charge in [0, 0.05) is 23.7 Å². The summed E-state index contributed by atoms with van der Waals surface area (Å²) in [5, 5.41) is 3.55. The van der Waals surface area contributed by atoms with Crippen LogP contribution < -0.4 is 5.32 Å². The summed E-state index contributed by atoms with van der Waals surface area (Å²) in [6, 6.07) is 17.6. The van der Waals surface area contributed by atoms with Crippen LogP contribution in [0.3, 0.4) is 0 Å². The number of nitrogens with zero attached hydrogens (tertiary/aromatic N) is 1. The summed E-state index contributed by atoms with van der Waals surface area (Å²) in [4.78, 5) is 14.1. The molecule has 0 aliphatic rings. The monoisotopic (exact) mass is 330 g/mol. The molecule has 122 valence electrons. The van der Waals surface area contributed by atoms with Crippen molar-refractivity contribution in [3.63, 3.8) is 0 Å². The zero-order chi connectivity index (χ0) is 16.5. The normalized spacial score (nSPS) is 10.7. The van der Waals surface area contributed by atoms with Crippen molar-refractivity contribution in [2.45, 2.75) is 19.3 Å². The molecule has 0 atom stereocenters. The summed E-state index contributed by atoms with van der Waals surface area (Å²) in [7, 11) is 2.06. The number of carbonyl (C=O) groups excluding carboxylic acids is 1. The maximum Gasteiger partial charge on any atom is 0.225 e. The van der Waals surface area contributed by atoms with Crippen LogP contribution in [0.1, 0.15) is 18.4 Å². The second-order valence-electron chi connectivity index (χ2n) is 5.70. The molecule has 2 aromatic rings. The van der Waals surface area contributed by atoms with Crippen molar-refractivity contribution in [2.75, 3.05) is 25.5 Å². The van der Waals surface area contributed by atoms with Gasteiger partial charge in [0.2, 0.25) is 5.91 Å². The maximum atomic E-state index is 11.9. The second kappa shape index (κ2) is 9.33. The third-order valence-corrected chi connectivity index (χ3v) is 3.95. The molecule has 23 heavy (non-hydrogen) atoms. The van der Waals surface area contributed by atoms with Crippen molar-refractivity contribution in [1.29, 1.82) is 0 Å². The quantitative estimate of drug-likeness (QED) is 0.785. The van der Waals surface area contributed by atoms with Gasteiger partial charge in [0.05, 0.1) is 0 Å². The van der Waals surface area contributed by atoms with E-state index in [-0.39, 0.29) is 5.91 Å². The maximum absolute atomic E-state index is 11.9. The molecule has 0 unspecified atom stereocenters. The van der Waals surface area contributed by atoms with E-state index in [1.807, 2.05) is 18.2 Å². The van der Waals surface area contributed by atoms with Crippen molar-refractivity contribution < 1.29 is 4.79 Å². The van der Waals surface area contributed by atoms with E-state index in [0.29, 0.717) is 11.4 Å². The van der Waals surface area contributed by atoms with Gasteiger partial charge in [-0.2, -0.15) is 0 Å². The Morgan fingerprint density at radius 1 is 1.04 bits per heavy atom. The fraction of sp³-hybridized carbons (Fsp3) is 0.316. The molecular formula is C19H23ClN2O. The minimum absolute atomic E-state index is 0.0298. The van der Waals surface area contributed by atoms with E-state index in [1.54, 1.807) is 12.1 Å². The Morgan fingerprint density at radius 3 is 2.43 bits per heavy atom. The number of benzene rings is 2. The highest BCUT2D eigenvalue weighted by atomic mass is 35.5. The van der Waals surface area contributed by atoms with Crippen molar-refractivity contribution in [2.24, 2.45) is 0 Å². The molecule has 4 heteroatoms. The highest BCUT2D eigenvalue weighted by Crippen LogP contribution is 2.13. The first-order chi connectivity index (χ1) is 11.1. The largest absolute Gasteiger partial charge is 0.326 e. The topological polar surface area (TPSA) is 32.3 Å². The molecule has 0 aliphatic carbocycles. The van der Waals surface area contributed by atoms with Crippen LogP contribution in [0.2, 0.25) is 5.02 Å². The summed E-state index contributed by atoms with van der Waals surface area (Å²) >= 11 is 5.82. The number of rotatable bonds is 8. The molecule has 2 aromatic carbocycles. The molecule has 0 saturated carbocycles. The van der Waals surface area contributed by atoms with Crippen molar-refractivity contribution in [3.05, 3.63) is 65.2 Å². The average Bonchev–Trinajstić information content (AvgIpc) is 2.56. The molecule has 3 nitrogen and oxygen atoms in total. The molecule has 0 radical (unpaired) electrons. The van der Waals surface area contributed by atoms with Crippen LogP contribution >= 0.6 is 11.6 Å². The van der Waals surface area contributed by atoms with E-state index < -0.39 is 0 Å². The van der Waals surface area contributed by atoms with Gasteiger partial charge < -0.3 is 10.2 Å². The molecule has 0 spiro atoms. The third kappa shape index (κ3) is 6.85. The molecule has 2 rings (SSSR count). The lowest BCUT2D eigenvalue weighted by atomic mass is 10.1. The summed E-state index contributed by atoms with van der Waals surface area (Å²) in [6.45, 7) is 1.75. The van der Waals surface area contributed by atoms with Crippen molar-refractivity contribution >= 4 is 23.2 Å². The minimum atomic E-state index is 0.0298. The molecule has 1 N–H and O–H groups in total. The first-order valence-electron chi connectivity index (χ1n) is 7.91. The van der Waals surface area contributed by atoms with Gasteiger partial charge >= 0.3 is 0 Å². The zero-order valence-electron chi connectivity index (χ0n) is 13.5. The average molecular weight is 331 g/mol. The van der Waals surface area contributed by atoms with Crippen molar-refractivity contribution in [1.82, 2.24) is 4.90 Å².